The second-order valence-electron chi connectivity index (χ2n) is 7.99. The van der Waals surface area contributed by atoms with E-state index in [4.69, 9.17) is 16.3 Å². The van der Waals surface area contributed by atoms with Gasteiger partial charge in [0.25, 0.3) is 0 Å². The maximum atomic E-state index is 12.1. The summed E-state index contributed by atoms with van der Waals surface area (Å²) in [6.45, 7) is 7.59. The Hall–Kier alpha value is -1.84. The number of aryl methyl sites for hydroxylation is 1. The average molecular weight is 373 g/mol. The maximum absolute atomic E-state index is 12.1. The normalized spacial score (nSPS) is 15.7. The van der Waals surface area contributed by atoms with Gasteiger partial charge in [0.1, 0.15) is 0 Å². The van der Waals surface area contributed by atoms with Gasteiger partial charge >= 0.3 is 5.97 Å². The monoisotopic (exact) mass is 372 g/mol. The second-order valence-corrected chi connectivity index (χ2v) is 8.43. The van der Waals surface area contributed by atoms with Crippen molar-refractivity contribution in [3.63, 3.8) is 0 Å². The van der Waals surface area contributed by atoms with Gasteiger partial charge in [-0.1, -0.05) is 35.9 Å². The van der Waals surface area contributed by atoms with Crippen molar-refractivity contribution in [3.05, 3.63) is 58.1 Å². The summed E-state index contributed by atoms with van der Waals surface area (Å²) in [6.07, 6.45) is 1.27. The molecule has 4 heteroatoms. The van der Waals surface area contributed by atoms with Gasteiger partial charge in [-0.25, -0.2) is 4.79 Å². The van der Waals surface area contributed by atoms with Crippen molar-refractivity contribution >= 4 is 17.6 Å². The van der Waals surface area contributed by atoms with Crippen LogP contribution < -0.4 is 0 Å². The Kier molecular flexibility index (Phi) is 5.14. The molecule has 1 aliphatic rings. The topological polar surface area (TPSA) is 46.5 Å². The van der Waals surface area contributed by atoms with Crippen LogP contribution in [-0.2, 0) is 9.53 Å². The molecule has 2 aromatic carbocycles. The second kappa shape index (κ2) is 7.05. The first-order valence-electron chi connectivity index (χ1n) is 8.97. The molecule has 138 valence electrons. The van der Waals surface area contributed by atoms with Crippen molar-refractivity contribution in [2.24, 2.45) is 0 Å². The number of ether oxygens (including phenoxy) is 1. The van der Waals surface area contributed by atoms with Crippen molar-refractivity contribution in [2.45, 2.75) is 58.2 Å². The number of carboxylic acids is 1. The zero-order valence-electron chi connectivity index (χ0n) is 15.7. The summed E-state index contributed by atoms with van der Waals surface area (Å²) in [5, 5.41) is 10.6. The van der Waals surface area contributed by atoms with Crippen LogP contribution in [0.3, 0.4) is 0 Å². The molecule has 0 aliphatic heterocycles. The molecular formula is C22H25ClO3. The summed E-state index contributed by atoms with van der Waals surface area (Å²) in [5.74, 6) is -0.477. The van der Waals surface area contributed by atoms with Gasteiger partial charge in [-0.05, 0) is 80.8 Å². The fourth-order valence-electron chi connectivity index (χ4n) is 3.34. The Morgan fingerprint density at radius 1 is 1.15 bits per heavy atom. The molecule has 0 bridgehead atoms. The van der Waals surface area contributed by atoms with Gasteiger partial charge in [0, 0.05) is 10.6 Å². The van der Waals surface area contributed by atoms with Crippen LogP contribution in [0.5, 0.6) is 0 Å². The lowest BCUT2D eigenvalue weighted by Crippen LogP contribution is -2.28. The van der Waals surface area contributed by atoms with Crippen molar-refractivity contribution in [1.29, 1.82) is 0 Å². The summed E-state index contributed by atoms with van der Waals surface area (Å²) in [6, 6.07) is 11.8. The minimum absolute atomic E-state index is 0.490. The molecule has 1 aliphatic carbocycles. The molecule has 1 fully saturated rings. The minimum atomic E-state index is -1.01. The lowest BCUT2D eigenvalue weighted by Gasteiger charge is -2.29. The van der Waals surface area contributed by atoms with Crippen LogP contribution in [0.1, 0.15) is 62.3 Å². The van der Waals surface area contributed by atoms with Gasteiger partial charge in [0.2, 0.25) is 0 Å². The fourth-order valence-corrected chi connectivity index (χ4v) is 3.46. The van der Waals surface area contributed by atoms with Gasteiger partial charge < -0.3 is 9.84 Å². The zero-order chi connectivity index (χ0) is 19.1. The summed E-state index contributed by atoms with van der Waals surface area (Å²) in [5.41, 5.74) is 4.29. The van der Waals surface area contributed by atoms with Crippen LogP contribution in [0.25, 0.3) is 11.1 Å². The van der Waals surface area contributed by atoms with Gasteiger partial charge in [-0.15, -0.1) is 0 Å². The van der Waals surface area contributed by atoms with E-state index in [1.807, 2.05) is 58.0 Å². The first-order chi connectivity index (χ1) is 12.2. The highest BCUT2D eigenvalue weighted by Crippen LogP contribution is 2.48. The number of halogens is 1. The fraction of sp³-hybridized carbons (Fsp3) is 0.409. The van der Waals surface area contributed by atoms with Crippen molar-refractivity contribution in [3.8, 4) is 11.1 Å². The number of rotatable bonds is 5. The molecule has 2 aromatic rings. The molecular weight excluding hydrogens is 348 g/mol. The SMILES string of the molecule is Cc1ccc(C2CC2)c(-c2ccc(Cl)cc2)c1C(OC(C)(C)C)C(=O)O. The molecule has 1 saturated carbocycles. The van der Waals surface area contributed by atoms with E-state index in [0.717, 1.165) is 35.1 Å². The van der Waals surface area contributed by atoms with Crippen LogP contribution in [0.15, 0.2) is 36.4 Å². The smallest absolute Gasteiger partial charge is 0.337 e. The van der Waals surface area contributed by atoms with Gasteiger partial charge in [0.15, 0.2) is 6.10 Å². The van der Waals surface area contributed by atoms with E-state index in [1.165, 1.54) is 5.56 Å². The third-order valence-electron chi connectivity index (χ3n) is 4.60. The largest absolute Gasteiger partial charge is 0.479 e. The Balaban J connectivity index is 2.24. The quantitative estimate of drug-likeness (QED) is 0.686. The zero-order valence-corrected chi connectivity index (χ0v) is 16.4. The Labute approximate surface area is 160 Å². The molecule has 1 unspecified atom stereocenters. The molecule has 0 heterocycles. The summed E-state index contributed by atoms with van der Waals surface area (Å²) >= 11 is 6.07. The average Bonchev–Trinajstić information content (AvgIpc) is 3.37. The number of carboxylic acid groups (broad SMARTS) is 1. The third kappa shape index (κ3) is 4.11. The Morgan fingerprint density at radius 3 is 2.27 bits per heavy atom. The minimum Gasteiger partial charge on any atom is -0.479 e. The predicted molar refractivity (Wildman–Crippen MR) is 105 cm³/mol. The molecule has 1 atom stereocenters. The Morgan fingerprint density at radius 2 is 1.77 bits per heavy atom. The Bertz CT molecular complexity index is 815. The third-order valence-corrected chi connectivity index (χ3v) is 4.86. The van der Waals surface area contributed by atoms with E-state index in [1.54, 1.807) is 0 Å². The van der Waals surface area contributed by atoms with E-state index in [9.17, 15) is 9.90 Å². The molecule has 3 nitrogen and oxygen atoms in total. The summed E-state index contributed by atoms with van der Waals surface area (Å²) < 4.78 is 5.98. The lowest BCUT2D eigenvalue weighted by atomic mass is 9.86. The molecule has 26 heavy (non-hydrogen) atoms. The van der Waals surface area contributed by atoms with Crippen molar-refractivity contribution in [2.75, 3.05) is 0 Å². The van der Waals surface area contributed by atoms with Gasteiger partial charge in [0.05, 0.1) is 5.60 Å². The molecule has 3 rings (SSSR count). The summed E-state index contributed by atoms with van der Waals surface area (Å²) in [7, 11) is 0. The van der Waals surface area contributed by atoms with Gasteiger partial charge in [-0.3, -0.25) is 0 Å². The first-order valence-corrected chi connectivity index (χ1v) is 9.35. The van der Waals surface area contributed by atoms with Crippen LogP contribution in [0.2, 0.25) is 5.02 Å². The number of benzene rings is 2. The number of aliphatic carboxylic acids is 1. The highest BCUT2D eigenvalue weighted by molar-refractivity contribution is 6.30. The number of carbonyl (C=O) groups is 1. The van der Waals surface area contributed by atoms with Crippen LogP contribution in [0.4, 0.5) is 0 Å². The van der Waals surface area contributed by atoms with Gasteiger partial charge in [-0.2, -0.15) is 0 Å². The van der Waals surface area contributed by atoms with Crippen LogP contribution in [-0.4, -0.2) is 16.7 Å². The maximum Gasteiger partial charge on any atom is 0.337 e. The van der Waals surface area contributed by atoms with Crippen LogP contribution in [0, 0.1) is 6.92 Å². The van der Waals surface area contributed by atoms with Crippen LogP contribution >= 0.6 is 11.6 Å². The number of hydrogen-bond donors (Lipinski definition) is 1. The van der Waals surface area contributed by atoms with E-state index in [-0.39, 0.29) is 0 Å². The highest BCUT2D eigenvalue weighted by Gasteiger charge is 2.34. The molecule has 0 saturated heterocycles. The van der Waals surface area contributed by atoms with Crippen molar-refractivity contribution < 1.29 is 14.6 Å². The first kappa shape index (κ1) is 18.9. The molecule has 0 spiro atoms. The van der Waals surface area contributed by atoms with Crippen molar-refractivity contribution in [1.82, 2.24) is 0 Å². The van der Waals surface area contributed by atoms with E-state index < -0.39 is 17.7 Å². The van der Waals surface area contributed by atoms with E-state index in [2.05, 4.69) is 6.07 Å². The summed E-state index contributed by atoms with van der Waals surface area (Å²) in [4.78, 5) is 12.1. The molecule has 1 N–H and O–H groups in total. The molecule has 0 amide bonds. The van der Waals surface area contributed by atoms with E-state index in [0.29, 0.717) is 10.9 Å². The molecule has 0 aromatic heterocycles. The molecule has 0 radical (unpaired) electrons. The standard InChI is InChI=1S/C22H25ClO3/c1-13-5-12-17(14-6-7-14)19(15-8-10-16(23)11-9-15)18(13)20(21(24)25)26-22(2,3)4/h5,8-12,14,20H,6-7H2,1-4H3,(H,24,25). The predicted octanol–water partition coefficient (Wildman–Crippen LogP) is 6.13. The lowest BCUT2D eigenvalue weighted by molar-refractivity contribution is -0.160. The van der Waals surface area contributed by atoms with E-state index >= 15 is 0 Å². The highest BCUT2D eigenvalue weighted by atomic mass is 35.5. The number of hydrogen-bond acceptors (Lipinski definition) is 2.